The summed E-state index contributed by atoms with van der Waals surface area (Å²) in [6.07, 6.45) is 8.75. The normalized spacial score (nSPS) is 18.4. The molecule has 4 fully saturated rings. The minimum Gasteiger partial charge on any atom is -0.390 e. The Hall–Kier alpha value is -5.89. The zero-order valence-corrected chi connectivity index (χ0v) is 41.0. The van der Waals surface area contributed by atoms with Crippen molar-refractivity contribution >= 4 is 86.9 Å². The number of rotatable bonds is 7. The summed E-state index contributed by atoms with van der Waals surface area (Å²) in [4.78, 5) is 65.3. The van der Waals surface area contributed by atoms with Crippen LogP contribution in [0.1, 0.15) is 108 Å². The molecule has 4 amide bonds. The Morgan fingerprint density at radius 1 is 0.652 bits per heavy atom. The van der Waals surface area contributed by atoms with E-state index >= 15 is 0 Å². The number of β-amino-alcohol motifs (C(OH)–C–C–N with tert-alkyl or cyclic N) is 2. The van der Waals surface area contributed by atoms with Gasteiger partial charge in [-0.3, -0.25) is 19.2 Å². The molecule has 4 aromatic heterocycles. The minimum absolute atomic E-state index is 0.0463. The van der Waals surface area contributed by atoms with Gasteiger partial charge in [0.25, 0.3) is 11.8 Å². The summed E-state index contributed by atoms with van der Waals surface area (Å²) in [5, 5.41) is 37.1. The molecule has 0 aliphatic carbocycles. The molecule has 2 aromatic carbocycles. The Balaban J connectivity index is 0.000000170. The fourth-order valence-corrected chi connectivity index (χ4v) is 9.31. The van der Waals surface area contributed by atoms with Crippen molar-refractivity contribution in [1.29, 1.82) is 0 Å². The highest BCUT2D eigenvalue weighted by Crippen LogP contribution is 2.36. The highest BCUT2D eigenvalue weighted by molar-refractivity contribution is 6.31. The number of nitrogens with one attached hydrogen (secondary N) is 3. The van der Waals surface area contributed by atoms with Crippen molar-refractivity contribution in [3.63, 3.8) is 0 Å². The van der Waals surface area contributed by atoms with Crippen LogP contribution >= 0.6 is 34.8 Å². The van der Waals surface area contributed by atoms with Crippen LogP contribution in [0.2, 0.25) is 15.2 Å². The lowest BCUT2D eigenvalue weighted by molar-refractivity contribution is -0.115. The first-order valence-corrected chi connectivity index (χ1v) is 24.1. The summed E-state index contributed by atoms with van der Waals surface area (Å²) < 4.78 is 3.44. The number of fused-ring (bicyclic) bond motifs is 2. The van der Waals surface area contributed by atoms with Crippen molar-refractivity contribution in [2.24, 2.45) is 0 Å². The van der Waals surface area contributed by atoms with Crippen LogP contribution in [0.15, 0.2) is 60.9 Å². The summed E-state index contributed by atoms with van der Waals surface area (Å²) in [7, 11) is 0. The zero-order valence-electron chi connectivity index (χ0n) is 38.8. The van der Waals surface area contributed by atoms with Gasteiger partial charge in [-0.15, -0.1) is 0 Å². The summed E-state index contributed by atoms with van der Waals surface area (Å²) in [6, 6.07) is 13.2. The van der Waals surface area contributed by atoms with Crippen LogP contribution < -0.4 is 20.9 Å². The molecule has 69 heavy (non-hydrogen) atoms. The lowest BCUT2D eigenvalue weighted by atomic mass is 9.98. The average Bonchev–Trinajstić information content (AvgIpc) is 3.91. The number of aromatic nitrogens is 6. The number of nitrogens with zero attached hydrogens (tertiary/aromatic N) is 9. The fourth-order valence-electron chi connectivity index (χ4n) is 8.83. The van der Waals surface area contributed by atoms with E-state index in [-0.39, 0.29) is 47.9 Å². The van der Waals surface area contributed by atoms with Crippen molar-refractivity contribution in [2.45, 2.75) is 90.5 Å². The third-order valence-electron chi connectivity index (χ3n) is 12.4. The fraction of sp³-hybridized carbons (Fsp3) is 0.417. The number of hydrogen-bond donors (Lipinski definition) is 5. The number of carbonyl (C=O) groups is 4. The standard InChI is InChI=1S/C24H27ClN6O3.C21H21Cl2N5O2.C3H7NO/c1-14-11-31-22(27-23(14)29-12-17(33)13-29)10-20(28-31)21-5-3-4-8-30(21)24(34)18-9-16(25)6-7-19(18)26-15(2)32;1-12-11-28-19(25-20(12)23)10-17(26-28)18-5-3-4-8-27(18)21(30)15-9-14(22)6-7-16(15)24-13(2)29;5-3-1-4-2-3/h6-7,9-11,17,21,33H,3-5,8,12-13H2,1-2H3,(H,26,32);6-7,9-11,18H,3-5,8H2,1-2H3,(H,24,29);3-5H,1-2H2/t21-;18-;/m00./s1. The van der Waals surface area contributed by atoms with Gasteiger partial charge in [0.05, 0.1) is 58.2 Å². The highest BCUT2D eigenvalue weighted by Gasteiger charge is 2.34. The lowest BCUT2D eigenvalue weighted by Crippen LogP contribution is -2.51. The molecule has 0 saturated carbocycles. The number of piperidine rings is 2. The maximum atomic E-state index is 13.7. The number of benzene rings is 2. The number of carbonyl (C=O) groups excluding carboxylic acids is 4. The molecule has 6 aromatic rings. The first-order valence-electron chi connectivity index (χ1n) is 23.0. The molecule has 0 bridgehead atoms. The second-order valence-electron chi connectivity index (χ2n) is 17.8. The largest absolute Gasteiger partial charge is 0.390 e. The van der Waals surface area contributed by atoms with E-state index in [1.165, 1.54) is 13.8 Å². The Labute approximate surface area is 413 Å². The highest BCUT2D eigenvalue weighted by atomic mass is 35.5. The molecule has 5 N–H and O–H groups in total. The van der Waals surface area contributed by atoms with Crippen molar-refractivity contribution in [2.75, 3.05) is 54.8 Å². The molecule has 4 aliphatic rings. The Kier molecular flexibility index (Phi) is 15.4. The van der Waals surface area contributed by atoms with Crippen molar-refractivity contribution in [1.82, 2.24) is 44.3 Å². The van der Waals surface area contributed by atoms with Gasteiger partial charge in [0.1, 0.15) is 11.0 Å². The van der Waals surface area contributed by atoms with E-state index in [2.05, 4.69) is 26.0 Å². The van der Waals surface area contributed by atoms with Crippen LogP contribution in [-0.4, -0.2) is 124 Å². The lowest BCUT2D eigenvalue weighted by Gasteiger charge is -2.37. The molecule has 4 saturated heterocycles. The molecule has 364 valence electrons. The maximum absolute atomic E-state index is 13.7. The summed E-state index contributed by atoms with van der Waals surface area (Å²) >= 11 is 18.5. The van der Waals surface area contributed by atoms with Gasteiger partial charge in [0.15, 0.2) is 11.3 Å². The first kappa shape index (κ1) is 49.5. The quantitative estimate of drug-likeness (QED) is 0.104. The monoisotopic (exact) mass is 1000 g/mol. The minimum atomic E-state index is -0.311. The molecule has 8 heterocycles. The number of likely N-dealkylation sites (tertiary alicyclic amines) is 2. The predicted molar refractivity (Wildman–Crippen MR) is 264 cm³/mol. The first-order chi connectivity index (χ1) is 33.0. The molecule has 4 aliphatic heterocycles. The molecule has 0 spiro atoms. The number of halogens is 3. The van der Waals surface area contributed by atoms with Crippen LogP contribution in [0.3, 0.4) is 0 Å². The number of aliphatic hydroxyl groups excluding tert-OH is 2. The van der Waals surface area contributed by atoms with Gasteiger partial charge in [0, 0.05) is 98.8 Å². The SMILES string of the molecule is CC(=O)Nc1ccc(Cl)cc1C(=O)N1CCCC[C@H]1c1cc2nc(Cl)c(C)cn2n1.CC(=O)Nc1ccc(Cl)cc1C(=O)N1CCCC[C@H]1c1cc2nc(N3CC(O)C3)c(C)cn2n1.OC1CNC1. The van der Waals surface area contributed by atoms with E-state index in [0.29, 0.717) is 75.2 Å². The molecule has 2 atom stereocenters. The predicted octanol–water partition coefficient (Wildman–Crippen LogP) is 6.82. The van der Waals surface area contributed by atoms with E-state index in [4.69, 9.17) is 50.0 Å². The molecule has 0 radical (unpaired) electrons. The Bertz CT molecular complexity index is 2860. The van der Waals surface area contributed by atoms with Gasteiger partial charge in [-0.05, 0) is 88.8 Å². The Morgan fingerprint density at radius 2 is 1.12 bits per heavy atom. The maximum Gasteiger partial charge on any atom is 0.256 e. The molecular formula is C48H55Cl3N12O6. The van der Waals surface area contributed by atoms with Gasteiger partial charge in [0.2, 0.25) is 11.8 Å². The van der Waals surface area contributed by atoms with Gasteiger partial charge >= 0.3 is 0 Å². The number of amides is 4. The van der Waals surface area contributed by atoms with Crippen LogP contribution in [0.25, 0.3) is 11.3 Å². The van der Waals surface area contributed by atoms with E-state index < -0.39 is 0 Å². The Morgan fingerprint density at radius 3 is 1.55 bits per heavy atom. The molecular weight excluding hydrogens is 947 g/mol. The van der Waals surface area contributed by atoms with E-state index in [1.807, 2.05) is 48.2 Å². The van der Waals surface area contributed by atoms with Crippen molar-refractivity contribution in [3.05, 3.63) is 110 Å². The molecule has 21 heteroatoms. The number of aliphatic hydroxyl groups is 2. The van der Waals surface area contributed by atoms with Gasteiger partial charge in [-0.1, -0.05) is 34.8 Å². The van der Waals surface area contributed by atoms with E-state index in [0.717, 1.165) is 79.9 Å². The summed E-state index contributed by atoms with van der Waals surface area (Å²) in [6.45, 7) is 10.6. The summed E-state index contributed by atoms with van der Waals surface area (Å²) in [5.41, 5.74) is 6.32. The summed E-state index contributed by atoms with van der Waals surface area (Å²) in [5.74, 6) is -0.0311. The smallest absolute Gasteiger partial charge is 0.256 e. The van der Waals surface area contributed by atoms with Crippen molar-refractivity contribution < 1.29 is 29.4 Å². The molecule has 0 unspecified atom stereocenters. The number of aryl methyl sites for hydroxylation is 2. The third kappa shape index (κ3) is 11.4. The second-order valence-corrected chi connectivity index (χ2v) is 19.1. The molecule has 18 nitrogen and oxygen atoms in total. The van der Waals surface area contributed by atoms with E-state index in [1.54, 1.807) is 50.3 Å². The number of anilines is 3. The average molecular weight is 1000 g/mol. The number of hydrogen-bond acceptors (Lipinski definition) is 12. The topological polar surface area (TPSA) is 215 Å². The van der Waals surface area contributed by atoms with Gasteiger partial charge in [-0.25, -0.2) is 19.0 Å². The van der Waals surface area contributed by atoms with Crippen LogP contribution in [0.4, 0.5) is 17.2 Å². The van der Waals surface area contributed by atoms with Crippen molar-refractivity contribution in [3.8, 4) is 0 Å². The zero-order chi connectivity index (χ0) is 49.1. The van der Waals surface area contributed by atoms with Gasteiger partial charge in [-0.2, -0.15) is 10.2 Å². The van der Waals surface area contributed by atoms with E-state index in [9.17, 15) is 24.3 Å². The molecule has 10 rings (SSSR count). The van der Waals surface area contributed by atoms with Crippen LogP contribution in [-0.2, 0) is 9.59 Å². The van der Waals surface area contributed by atoms with Crippen LogP contribution in [0, 0.1) is 13.8 Å². The third-order valence-corrected chi connectivity index (χ3v) is 13.2. The van der Waals surface area contributed by atoms with Gasteiger partial charge < -0.3 is 40.9 Å². The second kappa shape index (κ2) is 21.4. The van der Waals surface area contributed by atoms with Crippen LogP contribution in [0.5, 0.6) is 0 Å².